The molecule has 0 amide bonds. The zero-order valence-electron chi connectivity index (χ0n) is 9.50. The van der Waals surface area contributed by atoms with Crippen LogP contribution in [0.2, 0.25) is 0 Å². The Morgan fingerprint density at radius 3 is 2.24 bits per heavy atom. The Morgan fingerprint density at radius 1 is 0.941 bits per heavy atom. The topological polar surface area (TPSA) is 49.7 Å². The van der Waals surface area contributed by atoms with Gasteiger partial charge < -0.3 is 14.8 Å². The number of para-hydroxylation sites is 1. The minimum Gasteiger partial charge on any atom is -0.457 e. The van der Waals surface area contributed by atoms with Crippen LogP contribution in [0.1, 0.15) is 5.56 Å². The quantitative estimate of drug-likeness (QED) is 0.782. The molecule has 0 heterocycles. The van der Waals surface area contributed by atoms with Gasteiger partial charge in [0.1, 0.15) is 11.5 Å². The first-order valence-corrected chi connectivity index (χ1v) is 5.36. The van der Waals surface area contributed by atoms with E-state index in [1.54, 1.807) is 18.2 Å². The standard InChI is InChI=1S/C13H13BO3/c1-10-9-12(7-8-13(10)14(15)16)17-11-5-3-2-4-6-11/h2-9,15-16H,1H3. The summed E-state index contributed by atoms with van der Waals surface area (Å²) in [7, 11) is -1.44. The molecule has 4 heteroatoms. The van der Waals surface area contributed by atoms with Crippen LogP contribution in [-0.2, 0) is 0 Å². The molecule has 17 heavy (non-hydrogen) atoms. The predicted molar refractivity (Wildman–Crippen MR) is 67.5 cm³/mol. The molecule has 0 aromatic heterocycles. The van der Waals surface area contributed by atoms with E-state index in [1.165, 1.54) is 0 Å². The van der Waals surface area contributed by atoms with Crippen LogP contribution in [0.4, 0.5) is 0 Å². The summed E-state index contributed by atoms with van der Waals surface area (Å²) >= 11 is 0. The molecule has 0 unspecified atom stereocenters. The van der Waals surface area contributed by atoms with Gasteiger partial charge in [-0.15, -0.1) is 0 Å². The number of benzene rings is 2. The highest BCUT2D eigenvalue weighted by atomic mass is 16.5. The lowest BCUT2D eigenvalue weighted by Crippen LogP contribution is -2.31. The van der Waals surface area contributed by atoms with Crippen LogP contribution in [0, 0.1) is 6.92 Å². The molecule has 0 radical (unpaired) electrons. The molecule has 0 saturated carbocycles. The lowest BCUT2D eigenvalue weighted by molar-refractivity contribution is 0.425. The molecule has 0 aliphatic heterocycles. The maximum Gasteiger partial charge on any atom is 0.488 e. The highest BCUT2D eigenvalue weighted by Gasteiger charge is 2.14. The van der Waals surface area contributed by atoms with E-state index < -0.39 is 7.12 Å². The predicted octanol–water partition coefficient (Wildman–Crippen LogP) is 1.47. The highest BCUT2D eigenvalue weighted by molar-refractivity contribution is 6.59. The number of ether oxygens (including phenoxy) is 1. The van der Waals surface area contributed by atoms with Crippen LogP contribution in [0.5, 0.6) is 11.5 Å². The molecule has 0 bridgehead atoms. The van der Waals surface area contributed by atoms with Crippen LogP contribution in [-0.4, -0.2) is 17.2 Å². The Hall–Kier alpha value is -1.78. The summed E-state index contributed by atoms with van der Waals surface area (Å²) in [6.07, 6.45) is 0. The molecule has 86 valence electrons. The number of aryl methyl sites for hydroxylation is 1. The molecule has 0 fully saturated rings. The van der Waals surface area contributed by atoms with Crippen LogP contribution < -0.4 is 10.2 Å². The zero-order valence-corrected chi connectivity index (χ0v) is 9.50. The van der Waals surface area contributed by atoms with Crippen LogP contribution in [0.15, 0.2) is 48.5 Å². The van der Waals surface area contributed by atoms with Gasteiger partial charge in [0, 0.05) is 0 Å². The van der Waals surface area contributed by atoms with Gasteiger partial charge in [-0.1, -0.05) is 24.3 Å². The molecule has 0 aliphatic carbocycles. The Balaban J connectivity index is 2.21. The van der Waals surface area contributed by atoms with Gasteiger partial charge in [0.2, 0.25) is 0 Å². The van der Waals surface area contributed by atoms with E-state index in [0.717, 1.165) is 11.3 Å². The molecular formula is C13H13BO3. The smallest absolute Gasteiger partial charge is 0.457 e. The number of rotatable bonds is 3. The average molecular weight is 228 g/mol. The Kier molecular flexibility index (Phi) is 3.47. The van der Waals surface area contributed by atoms with Crippen LogP contribution in [0.25, 0.3) is 0 Å². The molecule has 3 nitrogen and oxygen atoms in total. The van der Waals surface area contributed by atoms with Crippen LogP contribution >= 0.6 is 0 Å². The first-order chi connectivity index (χ1) is 8.16. The lowest BCUT2D eigenvalue weighted by atomic mass is 9.77. The van der Waals surface area contributed by atoms with E-state index in [0.29, 0.717) is 11.2 Å². The monoisotopic (exact) mass is 228 g/mol. The van der Waals surface area contributed by atoms with Gasteiger partial charge in [-0.05, 0) is 42.2 Å². The first-order valence-electron chi connectivity index (χ1n) is 5.36. The molecule has 2 N–H and O–H groups in total. The van der Waals surface area contributed by atoms with E-state index in [4.69, 9.17) is 14.8 Å². The molecule has 2 aromatic rings. The van der Waals surface area contributed by atoms with Gasteiger partial charge in [0.25, 0.3) is 0 Å². The Bertz CT molecular complexity index is 497. The third kappa shape index (κ3) is 2.87. The first kappa shape index (κ1) is 11.7. The SMILES string of the molecule is Cc1cc(Oc2ccccc2)ccc1B(O)O. The van der Waals surface area contributed by atoms with Gasteiger partial charge in [-0.25, -0.2) is 0 Å². The Morgan fingerprint density at radius 2 is 1.65 bits per heavy atom. The maximum absolute atomic E-state index is 9.10. The van der Waals surface area contributed by atoms with Crippen molar-refractivity contribution in [2.45, 2.75) is 6.92 Å². The van der Waals surface area contributed by atoms with E-state index in [2.05, 4.69) is 0 Å². The van der Waals surface area contributed by atoms with Crippen molar-refractivity contribution in [2.24, 2.45) is 0 Å². The van der Waals surface area contributed by atoms with E-state index in [-0.39, 0.29) is 0 Å². The van der Waals surface area contributed by atoms with Crippen LogP contribution in [0.3, 0.4) is 0 Å². The van der Waals surface area contributed by atoms with Crippen molar-refractivity contribution in [2.75, 3.05) is 0 Å². The zero-order chi connectivity index (χ0) is 12.3. The Labute approximate surface area is 100 Å². The highest BCUT2D eigenvalue weighted by Crippen LogP contribution is 2.20. The largest absolute Gasteiger partial charge is 0.488 e. The molecule has 2 rings (SSSR count). The number of hydrogen-bond donors (Lipinski definition) is 2. The normalized spacial score (nSPS) is 10.1. The fraction of sp³-hybridized carbons (Fsp3) is 0.0769. The molecule has 0 saturated heterocycles. The second-order valence-electron chi connectivity index (χ2n) is 3.81. The average Bonchev–Trinajstić information content (AvgIpc) is 2.30. The van der Waals surface area contributed by atoms with Gasteiger partial charge in [0.15, 0.2) is 0 Å². The second-order valence-corrected chi connectivity index (χ2v) is 3.81. The molecular weight excluding hydrogens is 215 g/mol. The summed E-state index contributed by atoms with van der Waals surface area (Å²) in [5.74, 6) is 1.43. The summed E-state index contributed by atoms with van der Waals surface area (Å²) in [6.45, 7) is 1.81. The van der Waals surface area contributed by atoms with E-state index >= 15 is 0 Å². The van der Waals surface area contributed by atoms with Gasteiger partial charge >= 0.3 is 7.12 Å². The van der Waals surface area contributed by atoms with Crippen molar-refractivity contribution in [1.29, 1.82) is 0 Å². The molecule has 0 spiro atoms. The van der Waals surface area contributed by atoms with Crippen molar-refractivity contribution in [1.82, 2.24) is 0 Å². The summed E-state index contributed by atoms with van der Waals surface area (Å²) in [6, 6.07) is 14.6. The summed E-state index contributed by atoms with van der Waals surface area (Å²) in [5.41, 5.74) is 1.28. The van der Waals surface area contributed by atoms with Crippen molar-refractivity contribution in [3.8, 4) is 11.5 Å². The fourth-order valence-electron chi connectivity index (χ4n) is 1.63. The van der Waals surface area contributed by atoms with E-state index in [1.807, 2.05) is 37.3 Å². The molecule has 0 aliphatic rings. The molecule has 2 aromatic carbocycles. The summed E-state index contributed by atoms with van der Waals surface area (Å²) in [5, 5.41) is 18.2. The van der Waals surface area contributed by atoms with Gasteiger partial charge in [-0.2, -0.15) is 0 Å². The third-order valence-corrected chi connectivity index (χ3v) is 2.50. The number of hydrogen-bond acceptors (Lipinski definition) is 3. The minimum atomic E-state index is -1.44. The van der Waals surface area contributed by atoms with E-state index in [9.17, 15) is 0 Å². The van der Waals surface area contributed by atoms with Crippen molar-refractivity contribution in [3.63, 3.8) is 0 Å². The van der Waals surface area contributed by atoms with Gasteiger partial charge in [0.05, 0.1) is 0 Å². The lowest BCUT2D eigenvalue weighted by Gasteiger charge is -2.09. The summed E-state index contributed by atoms with van der Waals surface area (Å²) in [4.78, 5) is 0. The minimum absolute atomic E-state index is 0.491. The van der Waals surface area contributed by atoms with Crippen molar-refractivity contribution >= 4 is 12.6 Å². The van der Waals surface area contributed by atoms with Crippen molar-refractivity contribution < 1.29 is 14.8 Å². The third-order valence-electron chi connectivity index (χ3n) is 2.50. The second kappa shape index (κ2) is 5.04. The van der Waals surface area contributed by atoms with Crippen molar-refractivity contribution in [3.05, 3.63) is 54.1 Å². The summed E-state index contributed by atoms with van der Waals surface area (Å²) < 4.78 is 5.63. The maximum atomic E-state index is 9.10. The molecule has 0 atom stereocenters. The van der Waals surface area contributed by atoms with Gasteiger partial charge in [-0.3, -0.25) is 0 Å². The fourth-order valence-corrected chi connectivity index (χ4v) is 1.63.